The van der Waals surface area contributed by atoms with E-state index in [1.165, 1.54) is 19.2 Å². The third-order valence-corrected chi connectivity index (χ3v) is 5.83. The average Bonchev–Trinajstić information content (AvgIpc) is 2.60. The number of benzene rings is 2. The van der Waals surface area contributed by atoms with Gasteiger partial charge in [0.1, 0.15) is 0 Å². The Bertz CT molecular complexity index is 868. The number of carbonyl (C=O) groups excluding carboxylic acids is 1. The van der Waals surface area contributed by atoms with Crippen LogP contribution in [0.4, 0.5) is 5.69 Å². The van der Waals surface area contributed by atoms with Crippen molar-refractivity contribution < 1.29 is 13.2 Å². The van der Waals surface area contributed by atoms with Gasteiger partial charge in [-0.1, -0.05) is 30.7 Å². The quantitative estimate of drug-likeness (QED) is 0.768. The molecule has 0 saturated carbocycles. The highest BCUT2D eigenvalue weighted by Crippen LogP contribution is 2.25. The normalized spacial score (nSPS) is 11.2. The van der Waals surface area contributed by atoms with Crippen molar-refractivity contribution in [2.45, 2.75) is 18.2 Å². The standard InChI is InChI=1S/C18H21ClN2O3S/c1-4-11-20(2)18(22)14-7-5-10-17(12-14)25(23,24)21(3)16-9-6-8-15(19)13-16/h5-10,12-13H,4,11H2,1-3H3. The molecule has 0 aliphatic heterocycles. The maximum absolute atomic E-state index is 12.9. The first-order valence-corrected chi connectivity index (χ1v) is 9.69. The van der Waals surface area contributed by atoms with Gasteiger partial charge >= 0.3 is 0 Å². The van der Waals surface area contributed by atoms with Crippen LogP contribution < -0.4 is 4.31 Å². The number of hydrogen-bond donors (Lipinski definition) is 0. The van der Waals surface area contributed by atoms with Crippen molar-refractivity contribution in [3.63, 3.8) is 0 Å². The lowest BCUT2D eigenvalue weighted by Crippen LogP contribution is -2.29. The minimum Gasteiger partial charge on any atom is -0.342 e. The summed E-state index contributed by atoms with van der Waals surface area (Å²) in [6.07, 6.45) is 0.831. The Kier molecular flexibility index (Phi) is 6.08. The van der Waals surface area contributed by atoms with Crippen LogP contribution in [0.15, 0.2) is 53.4 Å². The maximum Gasteiger partial charge on any atom is 0.264 e. The summed E-state index contributed by atoms with van der Waals surface area (Å²) in [5.41, 5.74) is 0.795. The van der Waals surface area contributed by atoms with Crippen LogP contribution in [-0.4, -0.2) is 39.9 Å². The Balaban J connectivity index is 2.37. The largest absolute Gasteiger partial charge is 0.342 e. The second-order valence-electron chi connectivity index (χ2n) is 5.71. The molecular weight excluding hydrogens is 360 g/mol. The first kappa shape index (κ1) is 19.3. The number of nitrogens with zero attached hydrogens (tertiary/aromatic N) is 2. The highest BCUT2D eigenvalue weighted by molar-refractivity contribution is 7.92. The predicted octanol–water partition coefficient (Wildman–Crippen LogP) is 3.65. The first-order valence-electron chi connectivity index (χ1n) is 7.87. The van der Waals surface area contributed by atoms with Gasteiger partial charge in [0.25, 0.3) is 15.9 Å². The number of halogens is 1. The summed E-state index contributed by atoms with van der Waals surface area (Å²) in [5, 5.41) is 0.449. The molecule has 0 atom stereocenters. The number of rotatable bonds is 6. The molecule has 1 amide bonds. The lowest BCUT2D eigenvalue weighted by atomic mass is 10.2. The van der Waals surface area contributed by atoms with Crippen molar-refractivity contribution in [3.8, 4) is 0 Å². The second-order valence-corrected chi connectivity index (χ2v) is 8.11. The van der Waals surface area contributed by atoms with Crippen LogP contribution in [0.1, 0.15) is 23.7 Å². The fourth-order valence-corrected chi connectivity index (χ4v) is 3.83. The highest BCUT2D eigenvalue weighted by Gasteiger charge is 2.23. The van der Waals surface area contributed by atoms with E-state index in [2.05, 4.69) is 0 Å². The third kappa shape index (κ3) is 4.32. The fraction of sp³-hybridized carbons (Fsp3) is 0.278. The summed E-state index contributed by atoms with van der Waals surface area (Å²) in [5.74, 6) is -0.204. The topological polar surface area (TPSA) is 57.7 Å². The molecule has 0 spiro atoms. The Morgan fingerprint density at radius 3 is 2.40 bits per heavy atom. The molecule has 25 heavy (non-hydrogen) atoms. The van der Waals surface area contributed by atoms with E-state index >= 15 is 0 Å². The van der Waals surface area contributed by atoms with Crippen molar-refractivity contribution in [2.24, 2.45) is 0 Å². The zero-order chi connectivity index (χ0) is 18.6. The Morgan fingerprint density at radius 1 is 1.08 bits per heavy atom. The molecule has 2 aromatic rings. The number of carbonyl (C=O) groups is 1. The summed E-state index contributed by atoms with van der Waals surface area (Å²) in [6, 6.07) is 12.7. The lowest BCUT2D eigenvalue weighted by molar-refractivity contribution is 0.0795. The second kappa shape index (κ2) is 7.89. The molecule has 0 saturated heterocycles. The van der Waals surface area contributed by atoms with Gasteiger partial charge < -0.3 is 4.90 Å². The number of hydrogen-bond acceptors (Lipinski definition) is 3. The molecule has 0 bridgehead atoms. The molecule has 2 aromatic carbocycles. The van der Waals surface area contributed by atoms with Gasteiger partial charge in [-0.05, 0) is 42.8 Å². The molecule has 0 fully saturated rings. The van der Waals surface area contributed by atoms with Gasteiger partial charge in [0.15, 0.2) is 0 Å². The number of sulfonamides is 1. The monoisotopic (exact) mass is 380 g/mol. The summed E-state index contributed by atoms with van der Waals surface area (Å²) in [7, 11) is -0.642. The van der Waals surface area contributed by atoms with E-state index in [1.807, 2.05) is 6.92 Å². The molecule has 5 nitrogen and oxygen atoms in total. The third-order valence-electron chi connectivity index (χ3n) is 3.82. The molecule has 0 aromatic heterocycles. The van der Waals surface area contributed by atoms with E-state index in [0.29, 0.717) is 22.8 Å². The van der Waals surface area contributed by atoms with E-state index in [-0.39, 0.29) is 10.8 Å². The molecule has 0 aliphatic carbocycles. The van der Waals surface area contributed by atoms with Gasteiger partial charge in [0.05, 0.1) is 10.6 Å². The van der Waals surface area contributed by atoms with E-state index in [1.54, 1.807) is 48.3 Å². The number of anilines is 1. The Labute approximate surface area is 153 Å². The van der Waals surface area contributed by atoms with Crippen LogP contribution in [0.5, 0.6) is 0 Å². The van der Waals surface area contributed by atoms with Gasteiger partial charge in [-0.25, -0.2) is 8.42 Å². The Hall–Kier alpha value is -2.05. The molecule has 0 N–H and O–H groups in total. The SMILES string of the molecule is CCCN(C)C(=O)c1cccc(S(=O)(=O)N(C)c2cccc(Cl)c2)c1. The van der Waals surface area contributed by atoms with E-state index in [0.717, 1.165) is 10.7 Å². The zero-order valence-electron chi connectivity index (χ0n) is 14.4. The Morgan fingerprint density at radius 2 is 1.76 bits per heavy atom. The van der Waals surface area contributed by atoms with Crippen LogP contribution in [0.2, 0.25) is 5.02 Å². The summed E-state index contributed by atoms with van der Waals surface area (Å²) >= 11 is 5.94. The van der Waals surface area contributed by atoms with Crippen LogP contribution in [0.3, 0.4) is 0 Å². The molecule has 2 rings (SSSR count). The van der Waals surface area contributed by atoms with Gasteiger partial charge in [-0.2, -0.15) is 0 Å². The van der Waals surface area contributed by atoms with E-state index in [4.69, 9.17) is 11.6 Å². The summed E-state index contributed by atoms with van der Waals surface area (Å²) < 4.78 is 26.9. The van der Waals surface area contributed by atoms with Gasteiger partial charge in [-0.15, -0.1) is 0 Å². The van der Waals surface area contributed by atoms with Gasteiger partial charge in [0, 0.05) is 31.2 Å². The predicted molar refractivity (Wildman–Crippen MR) is 101 cm³/mol. The summed E-state index contributed by atoms with van der Waals surface area (Å²) in [4.78, 5) is 14.0. The molecule has 0 heterocycles. The van der Waals surface area contributed by atoms with Crippen molar-refractivity contribution in [1.29, 1.82) is 0 Å². The van der Waals surface area contributed by atoms with Crippen molar-refractivity contribution in [2.75, 3.05) is 24.9 Å². The molecule has 0 aliphatic rings. The maximum atomic E-state index is 12.9. The minimum atomic E-state index is -3.80. The minimum absolute atomic E-state index is 0.0609. The fourth-order valence-electron chi connectivity index (χ4n) is 2.42. The van der Waals surface area contributed by atoms with Crippen molar-refractivity contribution >= 4 is 33.2 Å². The first-order chi connectivity index (χ1) is 11.8. The van der Waals surface area contributed by atoms with Crippen LogP contribution >= 0.6 is 11.6 Å². The average molecular weight is 381 g/mol. The molecule has 7 heteroatoms. The highest BCUT2D eigenvalue weighted by atomic mass is 35.5. The van der Waals surface area contributed by atoms with Crippen molar-refractivity contribution in [1.82, 2.24) is 4.90 Å². The van der Waals surface area contributed by atoms with E-state index < -0.39 is 10.0 Å². The number of amides is 1. The smallest absolute Gasteiger partial charge is 0.264 e. The molecule has 134 valence electrons. The van der Waals surface area contributed by atoms with Crippen LogP contribution in [0.25, 0.3) is 0 Å². The van der Waals surface area contributed by atoms with Crippen LogP contribution in [-0.2, 0) is 10.0 Å². The van der Waals surface area contributed by atoms with Gasteiger partial charge in [-0.3, -0.25) is 9.10 Å². The van der Waals surface area contributed by atoms with Gasteiger partial charge in [0.2, 0.25) is 0 Å². The van der Waals surface area contributed by atoms with Crippen molar-refractivity contribution in [3.05, 3.63) is 59.1 Å². The summed E-state index contributed by atoms with van der Waals surface area (Å²) in [6.45, 7) is 2.59. The molecule has 0 radical (unpaired) electrons. The zero-order valence-corrected chi connectivity index (χ0v) is 16.0. The molecular formula is C18H21ClN2O3S. The van der Waals surface area contributed by atoms with E-state index in [9.17, 15) is 13.2 Å². The molecule has 0 unspecified atom stereocenters. The van der Waals surface area contributed by atoms with Crippen LogP contribution in [0, 0.1) is 0 Å². The lowest BCUT2D eigenvalue weighted by Gasteiger charge is -2.21.